The van der Waals surface area contributed by atoms with E-state index in [0.717, 1.165) is 0 Å². The third-order valence-electron chi connectivity index (χ3n) is 1.62. The minimum atomic E-state index is -0.129. The molecule has 78 valence electrons. The molecule has 0 aromatic carbocycles. The second kappa shape index (κ2) is 4.61. The van der Waals surface area contributed by atoms with Gasteiger partial charge in [-0.1, -0.05) is 13.8 Å². The summed E-state index contributed by atoms with van der Waals surface area (Å²) >= 11 is 0. The van der Waals surface area contributed by atoms with Crippen LogP contribution in [-0.2, 0) is 4.74 Å². The Balaban J connectivity index is 4.55. The Bertz CT molecular complexity index is 180. The maximum Gasteiger partial charge on any atom is 0.124 e. The van der Waals surface area contributed by atoms with E-state index in [4.69, 9.17) is 10.5 Å². The molecule has 3 nitrogen and oxygen atoms in total. The highest BCUT2D eigenvalue weighted by molar-refractivity contribution is 5.85. The fourth-order valence-electron chi connectivity index (χ4n) is 1.19. The quantitative estimate of drug-likeness (QED) is 0.540. The van der Waals surface area contributed by atoms with Gasteiger partial charge in [0.05, 0.1) is 5.54 Å². The number of rotatable bonds is 3. The van der Waals surface area contributed by atoms with Crippen molar-refractivity contribution in [2.75, 3.05) is 7.11 Å². The van der Waals surface area contributed by atoms with Crippen molar-refractivity contribution in [1.29, 1.82) is 0 Å². The molecular formula is C10H22N2O. The summed E-state index contributed by atoms with van der Waals surface area (Å²) in [6.07, 6.45) is -0.0702. The summed E-state index contributed by atoms with van der Waals surface area (Å²) in [4.78, 5) is 4.37. The van der Waals surface area contributed by atoms with Crippen LogP contribution in [0.2, 0.25) is 0 Å². The average Bonchev–Trinajstić information content (AvgIpc) is 1.82. The predicted molar refractivity (Wildman–Crippen MR) is 57.0 cm³/mol. The second-order valence-corrected chi connectivity index (χ2v) is 4.61. The van der Waals surface area contributed by atoms with Crippen LogP contribution in [0.4, 0.5) is 0 Å². The highest BCUT2D eigenvalue weighted by Gasteiger charge is 2.19. The van der Waals surface area contributed by atoms with Crippen LogP contribution in [0, 0.1) is 5.92 Å². The Morgan fingerprint density at radius 2 is 1.77 bits per heavy atom. The Labute approximate surface area is 81.4 Å². The molecule has 1 unspecified atom stereocenters. The van der Waals surface area contributed by atoms with Gasteiger partial charge in [-0.15, -0.1) is 0 Å². The molecule has 3 heteroatoms. The van der Waals surface area contributed by atoms with Gasteiger partial charge in [-0.2, -0.15) is 0 Å². The van der Waals surface area contributed by atoms with E-state index in [0.29, 0.717) is 11.8 Å². The summed E-state index contributed by atoms with van der Waals surface area (Å²) in [6, 6.07) is 0. The van der Waals surface area contributed by atoms with Gasteiger partial charge in [-0.25, -0.2) is 0 Å². The highest BCUT2D eigenvalue weighted by atomic mass is 16.5. The van der Waals surface area contributed by atoms with Gasteiger partial charge >= 0.3 is 0 Å². The zero-order valence-corrected chi connectivity index (χ0v) is 9.59. The number of hydrogen-bond acceptors (Lipinski definition) is 2. The van der Waals surface area contributed by atoms with Crippen molar-refractivity contribution in [3.63, 3.8) is 0 Å². The molecule has 0 saturated heterocycles. The molecule has 0 saturated carbocycles. The third-order valence-corrected chi connectivity index (χ3v) is 1.62. The molecule has 0 aromatic heterocycles. The van der Waals surface area contributed by atoms with Crippen molar-refractivity contribution in [1.82, 2.24) is 0 Å². The molecule has 13 heavy (non-hydrogen) atoms. The fourth-order valence-corrected chi connectivity index (χ4v) is 1.19. The highest BCUT2D eigenvalue weighted by Crippen LogP contribution is 2.11. The molecule has 1 atom stereocenters. The summed E-state index contributed by atoms with van der Waals surface area (Å²) in [5.74, 6) is 0.945. The van der Waals surface area contributed by atoms with E-state index in [1.54, 1.807) is 7.11 Å². The van der Waals surface area contributed by atoms with E-state index in [9.17, 15) is 0 Å². The molecule has 2 N–H and O–H groups in total. The molecular weight excluding hydrogens is 164 g/mol. The van der Waals surface area contributed by atoms with Crippen LogP contribution in [0.15, 0.2) is 4.99 Å². The van der Waals surface area contributed by atoms with Gasteiger partial charge in [0.1, 0.15) is 11.9 Å². The molecule has 0 aliphatic rings. The van der Waals surface area contributed by atoms with Crippen molar-refractivity contribution in [2.24, 2.45) is 16.6 Å². The second-order valence-electron chi connectivity index (χ2n) is 4.61. The van der Waals surface area contributed by atoms with Crippen LogP contribution >= 0.6 is 0 Å². The first-order valence-electron chi connectivity index (χ1n) is 4.66. The summed E-state index contributed by atoms with van der Waals surface area (Å²) in [5, 5.41) is 0. The van der Waals surface area contributed by atoms with Crippen molar-refractivity contribution >= 4 is 5.84 Å². The van der Waals surface area contributed by atoms with E-state index < -0.39 is 0 Å². The summed E-state index contributed by atoms with van der Waals surface area (Å²) < 4.78 is 5.26. The van der Waals surface area contributed by atoms with Gasteiger partial charge in [-0.3, -0.25) is 4.99 Å². The molecule has 0 amide bonds. The van der Waals surface area contributed by atoms with E-state index in [-0.39, 0.29) is 11.6 Å². The summed E-state index contributed by atoms with van der Waals surface area (Å²) in [6.45, 7) is 10.2. The van der Waals surface area contributed by atoms with E-state index in [1.807, 2.05) is 20.8 Å². The normalized spacial score (nSPS) is 16.4. The van der Waals surface area contributed by atoms with Crippen LogP contribution in [0.25, 0.3) is 0 Å². The Hall–Kier alpha value is -0.570. The smallest absolute Gasteiger partial charge is 0.124 e. The van der Waals surface area contributed by atoms with E-state index in [2.05, 4.69) is 18.8 Å². The molecule has 0 fully saturated rings. The lowest BCUT2D eigenvalue weighted by atomic mass is 10.1. The third kappa shape index (κ3) is 4.88. The molecule has 0 bridgehead atoms. The minimum absolute atomic E-state index is 0.0702. The average molecular weight is 186 g/mol. The lowest BCUT2D eigenvalue weighted by Gasteiger charge is -2.22. The molecule has 0 aliphatic carbocycles. The lowest BCUT2D eigenvalue weighted by Crippen LogP contribution is -2.37. The minimum Gasteiger partial charge on any atom is -0.385 e. The van der Waals surface area contributed by atoms with Crippen molar-refractivity contribution in [2.45, 2.75) is 46.3 Å². The number of nitrogens with two attached hydrogens (primary N) is 1. The largest absolute Gasteiger partial charge is 0.385 e. The number of aliphatic imine (C=N–C) groups is 1. The predicted octanol–water partition coefficient (Wildman–Crippen LogP) is 1.81. The van der Waals surface area contributed by atoms with Gasteiger partial charge in [0, 0.05) is 7.11 Å². The number of amidine groups is 1. The lowest BCUT2D eigenvalue weighted by molar-refractivity contribution is 0.117. The topological polar surface area (TPSA) is 47.6 Å². The Kier molecular flexibility index (Phi) is 4.40. The van der Waals surface area contributed by atoms with E-state index in [1.165, 1.54) is 0 Å². The Morgan fingerprint density at radius 1 is 1.31 bits per heavy atom. The van der Waals surface area contributed by atoms with Crippen LogP contribution in [-0.4, -0.2) is 24.6 Å². The maximum absolute atomic E-state index is 5.84. The fraction of sp³-hybridized carbons (Fsp3) is 0.900. The first kappa shape index (κ1) is 12.4. The maximum atomic E-state index is 5.84. The summed E-state index contributed by atoms with van der Waals surface area (Å²) in [5.41, 5.74) is 5.71. The first-order valence-corrected chi connectivity index (χ1v) is 4.66. The molecule has 0 aliphatic heterocycles. The van der Waals surface area contributed by atoms with Gasteiger partial charge in [0.25, 0.3) is 0 Å². The van der Waals surface area contributed by atoms with E-state index >= 15 is 0 Å². The number of ether oxygens (including phenoxy) is 1. The molecule has 0 aromatic rings. The van der Waals surface area contributed by atoms with Gasteiger partial charge in [0.15, 0.2) is 0 Å². The monoisotopic (exact) mass is 186 g/mol. The SMILES string of the molecule is COC(C(N)=NC(C)(C)C)C(C)C. The molecule has 0 rings (SSSR count). The number of methoxy groups -OCH3 is 1. The molecule has 0 radical (unpaired) electrons. The van der Waals surface area contributed by atoms with Crippen LogP contribution in [0.5, 0.6) is 0 Å². The summed E-state index contributed by atoms with van der Waals surface area (Å²) in [7, 11) is 1.66. The first-order chi connectivity index (χ1) is 5.78. The molecule has 0 heterocycles. The number of hydrogen-bond donors (Lipinski definition) is 1. The standard InChI is InChI=1S/C10H22N2O/c1-7(2)8(13-6)9(11)12-10(3,4)5/h7-8H,1-6H3,(H2,11,12). The van der Waals surface area contributed by atoms with Crippen LogP contribution < -0.4 is 5.73 Å². The van der Waals surface area contributed by atoms with Gasteiger partial charge < -0.3 is 10.5 Å². The van der Waals surface area contributed by atoms with Gasteiger partial charge in [0.2, 0.25) is 0 Å². The van der Waals surface area contributed by atoms with Crippen LogP contribution in [0.3, 0.4) is 0 Å². The Morgan fingerprint density at radius 3 is 2.00 bits per heavy atom. The van der Waals surface area contributed by atoms with Crippen molar-refractivity contribution < 1.29 is 4.74 Å². The van der Waals surface area contributed by atoms with Crippen molar-refractivity contribution in [3.8, 4) is 0 Å². The van der Waals surface area contributed by atoms with Gasteiger partial charge in [-0.05, 0) is 26.7 Å². The number of nitrogens with zero attached hydrogens (tertiary/aromatic N) is 1. The molecule has 0 spiro atoms. The zero-order valence-electron chi connectivity index (χ0n) is 9.59. The zero-order chi connectivity index (χ0) is 10.6. The van der Waals surface area contributed by atoms with Crippen molar-refractivity contribution in [3.05, 3.63) is 0 Å². The van der Waals surface area contributed by atoms with Crippen LogP contribution in [0.1, 0.15) is 34.6 Å².